The van der Waals surface area contributed by atoms with Gasteiger partial charge in [-0.3, -0.25) is 0 Å². The van der Waals surface area contributed by atoms with E-state index in [0.717, 1.165) is 38.7 Å². The molecular formula is C54H107NO7. The molecule has 0 aliphatic carbocycles. The third-order valence-electron chi connectivity index (χ3n) is 13.2. The molecule has 1 saturated heterocycles. The van der Waals surface area contributed by atoms with Gasteiger partial charge in [-0.2, -0.15) is 0 Å². The predicted molar refractivity (Wildman–Crippen MR) is 263 cm³/mol. The fraction of sp³-hybridized carbons (Fsp3) is 0.981. The van der Waals surface area contributed by atoms with E-state index < -0.39 is 6.09 Å². The van der Waals surface area contributed by atoms with Gasteiger partial charge in [-0.15, -0.1) is 0 Å². The summed E-state index contributed by atoms with van der Waals surface area (Å²) >= 11 is 0. The molecule has 0 aromatic carbocycles. The number of amides is 1. The minimum atomic E-state index is -0.414. The smallest absolute Gasteiger partial charge is 0.407 e. The number of hydrogen-bond donors (Lipinski definition) is 1. The quantitative estimate of drug-likeness (QED) is 0.0610. The van der Waals surface area contributed by atoms with E-state index in [2.05, 4.69) is 46.9 Å². The predicted octanol–water partition coefficient (Wildman–Crippen LogP) is 15.8. The van der Waals surface area contributed by atoms with Gasteiger partial charge in [-0.25, -0.2) is 4.79 Å². The Morgan fingerprint density at radius 2 is 0.919 bits per heavy atom. The number of hydrogen-bond acceptors (Lipinski definition) is 7. The summed E-state index contributed by atoms with van der Waals surface area (Å²) < 4.78 is 36.3. The van der Waals surface area contributed by atoms with E-state index in [0.29, 0.717) is 26.4 Å². The van der Waals surface area contributed by atoms with Crippen LogP contribution in [-0.2, 0) is 28.4 Å². The molecule has 3 unspecified atom stereocenters. The van der Waals surface area contributed by atoms with Crippen molar-refractivity contribution in [3.63, 3.8) is 0 Å². The summed E-state index contributed by atoms with van der Waals surface area (Å²) in [7, 11) is 1.74. The van der Waals surface area contributed by atoms with E-state index in [1.807, 2.05) is 0 Å². The highest BCUT2D eigenvalue weighted by Gasteiger charge is 2.39. The molecule has 1 fully saturated rings. The van der Waals surface area contributed by atoms with Crippen LogP contribution in [0.25, 0.3) is 0 Å². The lowest BCUT2D eigenvalue weighted by atomic mass is 10.0. The lowest BCUT2D eigenvalue weighted by Gasteiger charge is -2.29. The van der Waals surface area contributed by atoms with Crippen LogP contribution >= 0.6 is 0 Å². The minimum Gasteiger partial charge on any atom is -0.447 e. The number of nitrogens with one attached hydrogen (secondary N) is 1. The summed E-state index contributed by atoms with van der Waals surface area (Å²) in [5, 5.41) is 2.92. The first-order chi connectivity index (χ1) is 30.1. The topological polar surface area (TPSA) is 84.5 Å². The molecule has 8 nitrogen and oxygen atoms in total. The summed E-state index contributed by atoms with van der Waals surface area (Å²) in [6.45, 7) is 16.2. The van der Waals surface area contributed by atoms with Crippen LogP contribution in [0, 0.1) is 0 Å². The second-order valence-electron chi connectivity index (χ2n) is 20.2. The molecule has 370 valence electrons. The maximum Gasteiger partial charge on any atom is 0.407 e. The Labute approximate surface area is 385 Å². The van der Waals surface area contributed by atoms with Crippen molar-refractivity contribution in [2.45, 2.75) is 296 Å². The molecule has 8 heteroatoms. The first-order valence-corrected chi connectivity index (χ1v) is 27.1. The molecule has 0 aromatic heterocycles. The standard InChI is InChI=1S/C54H107NO7/c1-8-10-12-14-16-18-20-22-24-26-28-30-32-34-36-38-44-58-49-47-60-50(48-61-52(56)55-43-40-41-54(5,6)62-46-42-53(3,4)57-7)51(49)59-45-39-37-35-33-31-29-27-25-23-21-19-17-15-13-11-9-2/h49-51H,8-48H2,1-7H3,(H,55,56). The van der Waals surface area contributed by atoms with Gasteiger partial charge in [0.05, 0.1) is 24.4 Å². The van der Waals surface area contributed by atoms with Crippen molar-refractivity contribution in [2.75, 3.05) is 46.7 Å². The zero-order valence-electron chi connectivity index (χ0n) is 42.6. The molecule has 3 atom stereocenters. The van der Waals surface area contributed by atoms with Crippen molar-refractivity contribution in [2.24, 2.45) is 0 Å². The van der Waals surface area contributed by atoms with Crippen LogP contribution in [0.5, 0.6) is 0 Å². The molecule has 1 aliphatic rings. The average Bonchev–Trinajstić information content (AvgIpc) is 3.64. The van der Waals surface area contributed by atoms with Gasteiger partial charge in [0, 0.05) is 26.9 Å². The molecule has 0 bridgehead atoms. The van der Waals surface area contributed by atoms with Gasteiger partial charge in [-0.05, 0) is 59.8 Å². The summed E-state index contributed by atoms with van der Waals surface area (Å²) in [6.07, 6.45) is 44.8. The summed E-state index contributed by atoms with van der Waals surface area (Å²) in [6, 6.07) is 0. The molecule has 1 heterocycles. The second kappa shape index (κ2) is 41.5. The zero-order chi connectivity index (χ0) is 45.3. The molecule has 0 aromatic rings. The minimum absolute atomic E-state index is 0.124. The van der Waals surface area contributed by atoms with E-state index in [9.17, 15) is 4.79 Å². The first kappa shape index (κ1) is 59.1. The maximum absolute atomic E-state index is 12.7. The number of alkyl carbamates (subject to hydrolysis) is 1. The van der Waals surface area contributed by atoms with Crippen molar-refractivity contribution in [3.05, 3.63) is 0 Å². The van der Waals surface area contributed by atoms with E-state index in [1.54, 1.807) is 7.11 Å². The zero-order valence-corrected chi connectivity index (χ0v) is 42.6. The van der Waals surface area contributed by atoms with Crippen LogP contribution in [-0.4, -0.2) is 82.3 Å². The van der Waals surface area contributed by atoms with Crippen LogP contribution in [0.4, 0.5) is 4.79 Å². The Kier molecular flexibility index (Phi) is 39.5. The number of unbranched alkanes of at least 4 members (excludes halogenated alkanes) is 30. The molecule has 0 spiro atoms. The molecule has 0 radical (unpaired) electrons. The maximum atomic E-state index is 12.7. The van der Waals surface area contributed by atoms with Crippen molar-refractivity contribution >= 4 is 6.09 Å². The SMILES string of the molecule is CCCCCCCCCCCCCCCCCCOC1COC(COC(=O)NCCCC(C)(C)OCCC(C)(C)OC)C1OCCCCCCCCCCCCCCCCCC. The van der Waals surface area contributed by atoms with E-state index in [-0.39, 0.29) is 36.1 Å². The highest BCUT2D eigenvalue weighted by atomic mass is 16.6. The number of rotatable bonds is 47. The first-order valence-electron chi connectivity index (χ1n) is 27.1. The summed E-state index contributed by atoms with van der Waals surface area (Å²) in [5.74, 6) is 0. The number of ether oxygens (including phenoxy) is 6. The van der Waals surface area contributed by atoms with Crippen molar-refractivity contribution in [1.29, 1.82) is 0 Å². The van der Waals surface area contributed by atoms with Crippen LogP contribution < -0.4 is 5.32 Å². The van der Waals surface area contributed by atoms with Crippen molar-refractivity contribution < 1.29 is 33.2 Å². The van der Waals surface area contributed by atoms with Crippen LogP contribution in [0.3, 0.4) is 0 Å². The Morgan fingerprint density at radius 3 is 1.34 bits per heavy atom. The summed E-state index contributed by atoms with van der Waals surface area (Å²) in [4.78, 5) is 12.7. The molecule has 0 saturated carbocycles. The van der Waals surface area contributed by atoms with Gasteiger partial charge >= 0.3 is 6.09 Å². The Bertz CT molecular complexity index is 961. The van der Waals surface area contributed by atoms with Gasteiger partial charge in [-0.1, -0.05) is 206 Å². The van der Waals surface area contributed by atoms with Gasteiger partial charge < -0.3 is 33.7 Å². The Balaban J connectivity index is 2.32. The molecule has 1 amide bonds. The van der Waals surface area contributed by atoms with E-state index in [4.69, 9.17) is 28.4 Å². The molecular weight excluding hydrogens is 775 g/mol. The van der Waals surface area contributed by atoms with Gasteiger partial charge in [0.2, 0.25) is 0 Å². The van der Waals surface area contributed by atoms with Gasteiger partial charge in [0.25, 0.3) is 0 Å². The lowest BCUT2D eigenvalue weighted by molar-refractivity contribution is -0.0729. The van der Waals surface area contributed by atoms with Crippen LogP contribution in [0.2, 0.25) is 0 Å². The molecule has 1 aliphatic heterocycles. The average molecular weight is 882 g/mol. The van der Waals surface area contributed by atoms with Gasteiger partial charge in [0.15, 0.2) is 0 Å². The number of carbonyl (C=O) groups is 1. The summed E-state index contributed by atoms with van der Waals surface area (Å²) in [5.41, 5.74) is -0.469. The lowest BCUT2D eigenvalue weighted by Crippen LogP contribution is -2.39. The second-order valence-corrected chi connectivity index (χ2v) is 20.2. The highest BCUT2D eigenvalue weighted by molar-refractivity contribution is 5.67. The van der Waals surface area contributed by atoms with Crippen molar-refractivity contribution in [1.82, 2.24) is 5.32 Å². The highest BCUT2D eigenvalue weighted by Crippen LogP contribution is 2.24. The number of carbonyl (C=O) groups excluding carboxylic acids is 1. The van der Waals surface area contributed by atoms with E-state index in [1.165, 1.54) is 193 Å². The van der Waals surface area contributed by atoms with E-state index >= 15 is 0 Å². The third kappa shape index (κ3) is 36.3. The fourth-order valence-corrected chi connectivity index (χ4v) is 8.56. The Hall–Kier alpha value is -0.930. The van der Waals surface area contributed by atoms with Crippen LogP contribution in [0.1, 0.15) is 266 Å². The number of methoxy groups -OCH3 is 1. The third-order valence-corrected chi connectivity index (χ3v) is 13.2. The van der Waals surface area contributed by atoms with Crippen LogP contribution in [0.15, 0.2) is 0 Å². The molecule has 1 rings (SSSR count). The molecule has 1 N–H and O–H groups in total. The van der Waals surface area contributed by atoms with Gasteiger partial charge in [0.1, 0.15) is 24.9 Å². The Morgan fingerprint density at radius 1 is 0.516 bits per heavy atom. The van der Waals surface area contributed by atoms with Crippen molar-refractivity contribution in [3.8, 4) is 0 Å². The largest absolute Gasteiger partial charge is 0.447 e. The molecule has 62 heavy (non-hydrogen) atoms. The normalized spacial score (nSPS) is 17.0. The fourth-order valence-electron chi connectivity index (χ4n) is 8.56. The monoisotopic (exact) mass is 882 g/mol.